The molecule has 0 saturated heterocycles. The molecule has 3 nitrogen and oxygen atoms in total. The number of rotatable bonds is 32. The van der Waals surface area contributed by atoms with E-state index in [1.165, 1.54) is 161 Å². The maximum atomic E-state index is 12.1. The summed E-state index contributed by atoms with van der Waals surface area (Å²) >= 11 is 0. The molecule has 0 heterocycles. The Morgan fingerprint density at radius 1 is 0.474 bits per heavy atom. The molecule has 0 aromatic heterocycles. The second kappa shape index (κ2) is 32.6. The minimum absolute atomic E-state index is 0.251. The van der Waals surface area contributed by atoms with Gasteiger partial charge in [-0.05, 0) is 32.2 Å². The van der Waals surface area contributed by atoms with E-state index in [0.717, 1.165) is 25.9 Å². The molecule has 0 bridgehead atoms. The number of hydrogen-bond acceptors (Lipinski definition) is 2. The Hall–Kier alpha value is -0.570. The van der Waals surface area contributed by atoms with Gasteiger partial charge >= 0.3 is 0 Å². The molecule has 2 N–H and O–H groups in total. The van der Waals surface area contributed by atoms with Gasteiger partial charge < -0.3 is 10.6 Å². The number of hydrogen-bond donors (Lipinski definition) is 2. The molecule has 0 radical (unpaired) electrons. The summed E-state index contributed by atoms with van der Waals surface area (Å²) < 4.78 is 0. The van der Waals surface area contributed by atoms with Gasteiger partial charge in [0.15, 0.2) is 0 Å². The summed E-state index contributed by atoms with van der Waals surface area (Å²) in [4.78, 5) is 12.1. The van der Waals surface area contributed by atoms with Gasteiger partial charge in [0.1, 0.15) is 0 Å². The number of amides is 1. The van der Waals surface area contributed by atoms with Crippen molar-refractivity contribution in [3.8, 4) is 0 Å². The minimum atomic E-state index is 0.251. The molecule has 0 aliphatic heterocycles. The smallest absolute Gasteiger partial charge is 0.219 e. The van der Waals surface area contributed by atoms with Crippen LogP contribution in [0.3, 0.4) is 0 Å². The van der Waals surface area contributed by atoms with E-state index in [1.807, 2.05) is 0 Å². The highest BCUT2D eigenvalue weighted by Gasteiger charge is 2.06. The Morgan fingerprint density at radius 3 is 1.29 bits per heavy atom. The van der Waals surface area contributed by atoms with E-state index in [-0.39, 0.29) is 5.91 Å². The van der Waals surface area contributed by atoms with Crippen molar-refractivity contribution in [2.24, 2.45) is 0 Å². The fourth-order valence-corrected chi connectivity index (χ4v) is 5.52. The van der Waals surface area contributed by atoms with Gasteiger partial charge in [0.2, 0.25) is 5.91 Å². The zero-order valence-electron chi connectivity index (χ0n) is 26.7. The predicted molar refractivity (Wildman–Crippen MR) is 171 cm³/mol. The number of carbonyl (C=O) groups excluding carboxylic acids is 1. The molecule has 0 aromatic rings. The van der Waals surface area contributed by atoms with E-state index in [0.29, 0.717) is 12.5 Å². The molecule has 0 fully saturated rings. The first kappa shape index (κ1) is 37.4. The zero-order chi connectivity index (χ0) is 27.8. The zero-order valence-corrected chi connectivity index (χ0v) is 26.7. The molecule has 0 spiro atoms. The summed E-state index contributed by atoms with van der Waals surface area (Å²) in [5.41, 5.74) is 0. The SMILES string of the molecule is CCCCCCCCCCCCCCCC(=O)NCCCNC(CC)CCCCCCCCCCCCC. The highest BCUT2D eigenvalue weighted by molar-refractivity contribution is 5.75. The standard InChI is InChI=1S/C35H72N2O/c1-4-7-9-11-13-15-17-18-20-22-24-26-28-31-35(38)37-33-29-32-36-34(6-3)30-27-25-23-21-19-16-14-12-10-8-5-2/h34,36H,4-33H2,1-3H3,(H,37,38). The van der Waals surface area contributed by atoms with E-state index in [9.17, 15) is 4.79 Å². The second-order valence-electron chi connectivity index (χ2n) is 12.1. The van der Waals surface area contributed by atoms with Gasteiger partial charge in [0.25, 0.3) is 0 Å². The van der Waals surface area contributed by atoms with Crippen LogP contribution < -0.4 is 10.6 Å². The Kier molecular flexibility index (Phi) is 32.2. The van der Waals surface area contributed by atoms with Gasteiger partial charge in [-0.15, -0.1) is 0 Å². The van der Waals surface area contributed by atoms with Crippen LogP contribution in [0.4, 0.5) is 0 Å². The average Bonchev–Trinajstić information content (AvgIpc) is 2.92. The van der Waals surface area contributed by atoms with Crippen LogP contribution in [0.5, 0.6) is 0 Å². The Balaban J connectivity index is 3.37. The molecule has 0 saturated carbocycles. The lowest BCUT2D eigenvalue weighted by Crippen LogP contribution is -2.32. The van der Waals surface area contributed by atoms with Gasteiger partial charge in [-0.3, -0.25) is 4.79 Å². The van der Waals surface area contributed by atoms with Crippen molar-refractivity contribution < 1.29 is 4.79 Å². The summed E-state index contributed by atoms with van der Waals surface area (Å²) in [6.07, 6.45) is 37.4. The van der Waals surface area contributed by atoms with Crippen LogP contribution in [0.15, 0.2) is 0 Å². The quantitative estimate of drug-likeness (QED) is 0.0839. The van der Waals surface area contributed by atoms with E-state index >= 15 is 0 Å². The number of unbranched alkanes of at least 4 members (excludes halogenated alkanes) is 22. The summed E-state index contributed by atoms with van der Waals surface area (Å²) in [6, 6.07) is 0.648. The van der Waals surface area contributed by atoms with Crippen LogP contribution in [0.25, 0.3) is 0 Å². The predicted octanol–water partition coefficient (Wildman–Crippen LogP) is 11.0. The molecule has 3 heteroatoms. The Bertz CT molecular complexity index is 453. The summed E-state index contributed by atoms with van der Waals surface area (Å²) in [5.74, 6) is 0.251. The first-order valence-electron chi connectivity index (χ1n) is 17.7. The fraction of sp³-hybridized carbons (Fsp3) is 0.971. The van der Waals surface area contributed by atoms with Crippen LogP contribution in [-0.4, -0.2) is 25.0 Å². The summed E-state index contributed by atoms with van der Waals surface area (Å²) in [6.45, 7) is 8.72. The van der Waals surface area contributed by atoms with Crippen molar-refractivity contribution in [1.82, 2.24) is 10.6 Å². The molecule has 1 unspecified atom stereocenters. The molecule has 228 valence electrons. The monoisotopic (exact) mass is 537 g/mol. The van der Waals surface area contributed by atoms with Gasteiger partial charge in [-0.25, -0.2) is 0 Å². The van der Waals surface area contributed by atoms with E-state index < -0.39 is 0 Å². The molecule has 1 amide bonds. The highest BCUT2D eigenvalue weighted by atomic mass is 16.1. The van der Waals surface area contributed by atoms with Gasteiger partial charge in [0, 0.05) is 19.0 Å². The van der Waals surface area contributed by atoms with Crippen LogP contribution in [0, 0.1) is 0 Å². The Labute approximate surface area is 240 Å². The Morgan fingerprint density at radius 2 is 0.868 bits per heavy atom. The molecule has 38 heavy (non-hydrogen) atoms. The fourth-order valence-electron chi connectivity index (χ4n) is 5.52. The van der Waals surface area contributed by atoms with Crippen molar-refractivity contribution >= 4 is 5.91 Å². The normalized spacial score (nSPS) is 12.2. The van der Waals surface area contributed by atoms with Gasteiger partial charge in [-0.2, -0.15) is 0 Å². The first-order valence-corrected chi connectivity index (χ1v) is 17.7. The third-order valence-corrected chi connectivity index (χ3v) is 8.27. The maximum Gasteiger partial charge on any atom is 0.219 e. The van der Waals surface area contributed by atoms with Crippen LogP contribution in [-0.2, 0) is 4.79 Å². The molecule has 0 aliphatic carbocycles. The van der Waals surface area contributed by atoms with E-state index in [2.05, 4.69) is 31.4 Å². The molecular formula is C35H72N2O. The van der Waals surface area contributed by atoms with Crippen molar-refractivity contribution in [2.75, 3.05) is 13.1 Å². The van der Waals surface area contributed by atoms with Crippen molar-refractivity contribution in [2.45, 2.75) is 207 Å². The summed E-state index contributed by atoms with van der Waals surface area (Å²) in [7, 11) is 0. The van der Waals surface area contributed by atoms with Crippen LogP contribution in [0.1, 0.15) is 201 Å². The third-order valence-electron chi connectivity index (χ3n) is 8.27. The third kappa shape index (κ3) is 30.0. The second-order valence-corrected chi connectivity index (χ2v) is 12.1. The number of carbonyl (C=O) groups is 1. The molecule has 0 aliphatic rings. The highest BCUT2D eigenvalue weighted by Crippen LogP contribution is 2.14. The molecule has 1 atom stereocenters. The lowest BCUT2D eigenvalue weighted by atomic mass is 10.0. The van der Waals surface area contributed by atoms with E-state index in [4.69, 9.17) is 0 Å². The van der Waals surface area contributed by atoms with Crippen LogP contribution >= 0.6 is 0 Å². The van der Waals surface area contributed by atoms with Crippen molar-refractivity contribution in [3.63, 3.8) is 0 Å². The largest absolute Gasteiger partial charge is 0.356 e. The van der Waals surface area contributed by atoms with Crippen molar-refractivity contribution in [3.05, 3.63) is 0 Å². The van der Waals surface area contributed by atoms with Crippen molar-refractivity contribution in [1.29, 1.82) is 0 Å². The summed E-state index contributed by atoms with van der Waals surface area (Å²) in [5, 5.41) is 6.85. The van der Waals surface area contributed by atoms with Crippen LogP contribution in [0.2, 0.25) is 0 Å². The van der Waals surface area contributed by atoms with E-state index in [1.54, 1.807) is 0 Å². The van der Waals surface area contributed by atoms with Gasteiger partial charge in [0.05, 0.1) is 0 Å². The lowest BCUT2D eigenvalue weighted by Gasteiger charge is -2.17. The first-order chi connectivity index (χ1) is 18.7. The average molecular weight is 537 g/mol. The molecule has 0 rings (SSSR count). The van der Waals surface area contributed by atoms with Gasteiger partial charge in [-0.1, -0.05) is 168 Å². The maximum absolute atomic E-state index is 12.1. The molecular weight excluding hydrogens is 464 g/mol. The topological polar surface area (TPSA) is 41.1 Å². The molecule has 0 aromatic carbocycles. The lowest BCUT2D eigenvalue weighted by molar-refractivity contribution is -0.121. The minimum Gasteiger partial charge on any atom is -0.356 e. The number of nitrogens with one attached hydrogen (secondary N) is 2.